The highest BCUT2D eigenvalue weighted by molar-refractivity contribution is 5.16. The average molecular weight is 223 g/mol. The Morgan fingerprint density at radius 1 is 1.31 bits per heavy atom. The van der Waals surface area contributed by atoms with Gasteiger partial charge in [0.2, 0.25) is 0 Å². The lowest BCUT2D eigenvalue weighted by Gasteiger charge is -2.15. The van der Waals surface area contributed by atoms with Gasteiger partial charge in [-0.05, 0) is 37.0 Å². The van der Waals surface area contributed by atoms with Crippen molar-refractivity contribution in [3.05, 3.63) is 35.6 Å². The van der Waals surface area contributed by atoms with E-state index in [1.165, 1.54) is 6.07 Å². The van der Waals surface area contributed by atoms with E-state index >= 15 is 0 Å². The van der Waals surface area contributed by atoms with E-state index in [0.717, 1.165) is 44.6 Å². The normalized spacial score (nSPS) is 21.7. The van der Waals surface area contributed by atoms with E-state index in [4.69, 9.17) is 4.74 Å². The predicted molar refractivity (Wildman–Crippen MR) is 61.7 cm³/mol. The maximum atomic E-state index is 12.9. The van der Waals surface area contributed by atoms with Crippen molar-refractivity contribution in [2.45, 2.75) is 31.8 Å². The Bertz CT molecular complexity index is 321. The Balaban J connectivity index is 1.81. The van der Waals surface area contributed by atoms with Crippen LogP contribution in [0.25, 0.3) is 0 Å². The molecule has 1 fully saturated rings. The molecule has 1 saturated heterocycles. The van der Waals surface area contributed by atoms with Crippen LogP contribution in [0.2, 0.25) is 0 Å². The quantitative estimate of drug-likeness (QED) is 0.850. The minimum atomic E-state index is -0.163. The van der Waals surface area contributed by atoms with E-state index in [9.17, 15) is 4.39 Å². The molecule has 0 aromatic heterocycles. The summed E-state index contributed by atoms with van der Waals surface area (Å²) in [5.74, 6) is -0.163. The van der Waals surface area contributed by atoms with Crippen molar-refractivity contribution in [1.29, 1.82) is 0 Å². The summed E-state index contributed by atoms with van der Waals surface area (Å²) in [5, 5.41) is 3.46. The molecule has 0 amide bonds. The van der Waals surface area contributed by atoms with Crippen molar-refractivity contribution in [2.75, 3.05) is 13.2 Å². The van der Waals surface area contributed by atoms with Crippen LogP contribution in [0.4, 0.5) is 4.39 Å². The molecule has 1 aromatic rings. The van der Waals surface area contributed by atoms with E-state index in [1.54, 1.807) is 12.1 Å². The van der Waals surface area contributed by atoms with Gasteiger partial charge in [-0.15, -0.1) is 0 Å². The fourth-order valence-corrected chi connectivity index (χ4v) is 2.02. The number of hydrogen-bond acceptors (Lipinski definition) is 2. The molecule has 1 heterocycles. The number of benzene rings is 1. The molecule has 0 radical (unpaired) electrons. The fraction of sp³-hybridized carbons (Fsp3) is 0.538. The summed E-state index contributed by atoms with van der Waals surface area (Å²) in [6.07, 6.45) is 3.31. The maximum Gasteiger partial charge on any atom is 0.123 e. The van der Waals surface area contributed by atoms with Crippen LogP contribution in [0.5, 0.6) is 0 Å². The minimum Gasteiger partial charge on any atom is -0.381 e. The van der Waals surface area contributed by atoms with Gasteiger partial charge in [0.05, 0.1) is 0 Å². The number of halogens is 1. The molecular weight excluding hydrogens is 205 g/mol. The molecule has 88 valence electrons. The van der Waals surface area contributed by atoms with Crippen molar-refractivity contribution in [3.63, 3.8) is 0 Å². The monoisotopic (exact) mass is 223 g/mol. The second-order valence-electron chi connectivity index (χ2n) is 4.25. The second-order valence-corrected chi connectivity index (χ2v) is 4.25. The highest BCUT2D eigenvalue weighted by Gasteiger charge is 2.11. The van der Waals surface area contributed by atoms with Crippen LogP contribution in [0.3, 0.4) is 0 Å². The molecular formula is C13H18FNO. The molecule has 2 rings (SSSR count). The Labute approximate surface area is 95.8 Å². The first-order chi connectivity index (χ1) is 7.84. The van der Waals surface area contributed by atoms with Crippen LogP contribution in [-0.2, 0) is 11.3 Å². The number of rotatable bonds is 3. The molecule has 0 bridgehead atoms. The lowest BCUT2D eigenvalue weighted by Crippen LogP contribution is -2.28. The molecule has 1 aromatic carbocycles. The summed E-state index contributed by atoms with van der Waals surface area (Å²) in [4.78, 5) is 0. The highest BCUT2D eigenvalue weighted by Crippen LogP contribution is 2.10. The summed E-state index contributed by atoms with van der Waals surface area (Å²) < 4.78 is 18.3. The molecule has 0 saturated carbocycles. The third-order valence-corrected chi connectivity index (χ3v) is 2.94. The predicted octanol–water partition coefficient (Wildman–Crippen LogP) is 2.48. The summed E-state index contributed by atoms with van der Waals surface area (Å²) in [7, 11) is 0. The van der Waals surface area contributed by atoms with Crippen LogP contribution in [-0.4, -0.2) is 19.3 Å². The number of hydrogen-bond donors (Lipinski definition) is 1. The molecule has 1 aliphatic rings. The third kappa shape index (κ3) is 3.58. The summed E-state index contributed by atoms with van der Waals surface area (Å²) in [5.41, 5.74) is 1.00. The van der Waals surface area contributed by atoms with Crippen molar-refractivity contribution < 1.29 is 9.13 Å². The van der Waals surface area contributed by atoms with E-state index in [0.29, 0.717) is 6.04 Å². The lowest BCUT2D eigenvalue weighted by molar-refractivity contribution is 0.142. The van der Waals surface area contributed by atoms with Crippen LogP contribution in [0.15, 0.2) is 24.3 Å². The Morgan fingerprint density at radius 2 is 2.25 bits per heavy atom. The zero-order valence-corrected chi connectivity index (χ0v) is 9.42. The van der Waals surface area contributed by atoms with Gasteiger partial charge in [-0.1, -0.05) is 12.1 Å². The van der Waals surface area contributed by atoms with E-state index in [2.05, 4.69) is 5.32 Å². The average Bonchev–Trinajstić information content (AvgIpc) is 2.55. The van der Waals surface area contributed by atoms with Crippen molar-refractivity contribution in [1.82, 2.24) is 5.32 Å². The molecule has 16 heavy (non-hydrogen) atoms. The molecule has 1 unspecified atom stereocenters. The molecule has 2 nitrogen and oxygen atoms in total. The largest absolute Gasteiger partial charge is 0.381 e. The molecule has 1 aliphatic heterocycles. The first-order valence-electron chi connectivity index (χ1n) is 5.90. The smallest absolute Gasteiger partial charge is 0.123 e. The van der Waals surface area contributed by atoms with Crippen LogP contribution >= 0.6 is 0 Å². The van der Waals surface area contributed by atoms with Crippen LogP contribution in [0, 0.1) is 5.82 Å². The standard InChI is InChI=1S/C13H18FNO/c14-12-4-1-3-11(9-12)10-15-13-5-2-7-16-8-6-13/h1,3-4,9,13,15H,2,5-8,10H2. The molecule has 0 spiro atoms. The summed E-state index contributed by atoms with van der Waals surface area (Å²) in [6.45, 7) is 2.45. The van der Waals surface area contributed by atoms with Gasteiger partial charge in [-0.3, -0.25) is 0 Å². The van der Waals surface area contributed by atoms with Gasteiger partial charge >= 0.3 is 0 Å². The SMILES string of the molecule is Fc1cccc(CNC2CCCOCC2)c1. The zero-order valence-electron chi connectivity index (χ0n) is 9.42. The van der Waals surface area contributed by atoms with E-state index in [1.807, 2.05) is 6.07 Å². The zero-order chi connectivity index (χ0) is 11.2. The van der Waals surface area contributed by atoms with Crippen LogP contribution < -0.4 is 5.32 Å². The first-order valence-corrected chi connectivity index (χ1v) is 5.90. The van der Waals surface area contributed by atoms with Crippen molar-refractivity contribution in [3.8, 4) is 0 Å². The van der Waals surface area contributed by atoms with Gasteiger partial charge in [-0.25, -0.2) is 4.39 Å². The van der Waals surface area contributed by atoms with Gasteiger partial charge in [0.15, 0.2) is 0 Å². The fourth-order valence-electron chi connectivity index (χ4n) is 2.02. The number of ether oxygens (including phenoxy) is 1. The Hall–Kier alpha value is -0.930. The molecule has 1 N–H and O–H groups in total. The topological polar surface area (TPSA) is 21.3 Å². The van der Waals surface area contributed by atoms with Gasteiger partial charge in [0.25, 0.3) is 0 Å². The third-order valence-electron chi connectivity index (χ3n) is 2.94. The maximum absolute atomic E-state index is 12.9. The molecule has 1 atom stereocenters. The highest BCUT2D eigenvalue weighted by atomic mass is 19.1. The lowest BCUT2D eigenvalue weighted by atomic mass is 10.1. The molecule has 3 heteroatoms. The van der Waals surface area contributed by atoms with Gasteiger partial charge in [-0.2, -0.15) is 0 Å². The Morgan fingerprint density at radius 3 is 3.12 bits per heavy atom. The van der Waals surface area contributed by atoms with Crippen LogP contribution in [0.1, 0.15) is 24.8 Å². The van der Waals surface area contributed by atoms with E-state index < -0.39 is 0 Å². The summed E-state index contributed by atoms with van der Waals surface area (Å²) in [6, 6.07) is 7.26. The van der Waals surface area contributed by atoms with Gasteiger partial charge in [0.1, 0.15) is 5.82 Å². The summed E-state index contributed by atoms with van der Waals surface area (Å²) >= 11 is 0. The Kier molecular flexibility index (Phi) is 4.31. The van der Waals surface area contributed by atoms with Gasteiger partial charge < -0.3 is 10.1 Å². The first kappa shape index (κ1) is 11.6. The van der Waals surface area contributed by atoms with E-state index in [-0.39, 0.29) is 5.82 Å². The second kappa shape index (κ2) is 5.97. The molecule has 0 aliphatic carbocycles. The van der Waals surface area contributed by atoms with Crippen molar-refractivity contribution >= 4 is 0 Å². The van der Waals surface area contributed by atoms with Gasteiger partial charge in [0, 0.05) is 25.8 Å². The van der Waals surface area contributed by atoms with Crippen molar-refractivity contribution in [2.24, 2.45) is 0 Å². The minimum absolute atomic E-state index is 0.163. The number of nitrogens with one attached hydrogen (secondary N) is 1.